The minimum absolute atomic E-state index is 0.167. The molecule has 34 heavy (non-hydrogen) atoms. The molecular weight excluding hydrogens is 452 g/mol. The second-order valence-corrected chi connectivity index (χ2v) is 7.47. The molecule has 4 aromatic rings. The molecule has 2 aromatic carbocycles. The number of carbonyl (C=O) groups is 1. The number of imidazole rings is 1. The molecule has 0 atom stereocenters. The highest BCUT2D eigenvalue weighted by Crippen LogP contribution is 2.29. The van der Waals surface area contributed by atoms with Crippen LogP contribution < -0.4 is 0 Å². The molecule has 4 rings (SSSR count). The molecule has 2 heterocycles. The number of aromatic amines is 2. The van der Waals surface area contributed by atoms with E-state index in [1.165, 1.54) is 12.7 Å². The number of carbonyl (C=O) groups excluding carboxylic acids is 1. The van der Waals surface area contributed by atoms with Gasteiger partial charge in [0.2, 0.25) is 5.82 Å². The summed E-state index contributed by atoms with van der Waals surface area (Å²) >= 11 is 5.78. The third kappa shape index (κ3) is 7.25. The second-order valence-electron chi connectivity index (χ2n) is 7.09. The van der Waals surface area contributed by atoms with Gasteiger partial charge in [0.1, 0.15) is 11.0 Å². The number of esters is 1. The first-order chi connectivity index (χ1) is 16.5. The van der Waals surface area contributed by atoms with Crippen molar-refractivity contribution in [1.82, 2.24) is 30.6 Å². The summed E-state index contributed by atoms with van der Waals surface area (Å²) in [7, 11) is 1.30. The Labute approximate surface area is 205 Å². The molecule has 2 N–H and O–H groups in total. The van der Waals surface area contributed by atoms with Gasteiger partial charge < -0.3 is 9.72 Å². The van der Waals surface area contributed by atoms with Crippen LogP contribution in [0.5, 0.6) is 0 Å². The van der Waals surface area contributed by atoms with Crippen molar-refractivity contribution < 1.29 is 9.53 Å². The number of halogens is 1. The fourth-order valence-electron chi connectivity index (χ4n) is 3.03. The smallest absolute Gasteiger partial charge is 0.359 e. The Kier molecular flexibility index (Phi) is 10.9. The molecule has 0 saturated carbocycles. The number of nitrogens with zero attached hydrogens (tertiary/aromatic N) is 4. The number of aryl methyl sites for hydroxylation is 2. The Morgan fingerprint density at radius 1 is 1.06 bits per heavy atom. The second kappa shape index (κ2) is 13.9. The summed E-state index contributed by atoms with van der Waals surface area (Å²) in [4.78, 5) is 18.0. The van der Waals surface area contributed by atoms with E-state index in [9.17, 15) is 4.79 Å². The summed E-state index contributed by atoms with van der Waals surface area (Å²) in [5.74, 6) is 0.845. The molecule has 0 unspecified atom stereocenters. The molecule has 180 valence electrons. The van der Waals surface area contributed by atoms with Gasteiger partial charge in [0.25, 0.3) is 0 Å². The normalized spacial score (nSPS) is 9.94. The van der Waals surface area contributed by atoms with E-state index in [1.807, 2.05) is 32.0 Å². The predicted molar refractivity (Wildman–Crippen MR) is 135 cm³/mol. The van der Waals surface area contributed by atoms with Crippen LogP contribution in [0, 0.1) is 6.92 Å². The zero-order valence-corrected chi connectivity index (χ0v) is 21.0. The molecule has 0 bridgehead atoms. The highest BCUT2D eigenvalue weighted by molar-refractivity contribution is 6.32. The molecule has 0 aliphatic rings. The number of hydrogen-bond donors (Lipinski definition) is 2. The summed E-state index contributed by atoms with van der Waals surface area (Å²) < 4.78 is 4.53. The Morgan fingerprint density at radius 2 is 1.74 bits per heavy atom. The molecule has 8 nitrogen and oxygen atoms in total. The van der Waals surface area contributed by atoms with Gasteiger partial charge in [-0.1, -0.05) is 92.9 Å². The molecule has 0 fully saturated rings. The van der Waals surface area contributed by atoms with Crippen LogP contribution >= 0.6 is 11.6 Å². The average Bonchev–Trinajstić information content (AvgIpc) is 3.54. The van der Waals surface area contributed by atoms with Gasteiger partial charge in [0.05, 0.1) is 7.11 Å². The van der Waals surface area contributed by atoms with Gasteiger partial charge in [0, 0.05) is 12.0 Å². The molecule has 0 radical (unpaired) electrons. The lowest BCUT2D eigenvalue weighted by molar-refractivity contribution is 0.0594. The average molecular weight is 483 g/mol. The number of aromatic nitrogens is 6. The van der Waals surface area contributed by atoms with E-state index in [4.69, 9.17) is 11.6 Å². The minimum Gasteiger partial charge on any atom is -0.464 e. The molecular formula is C25H31ClN6O2. The van der Waals surface area contributed by atoms with Crippen molar-refractivity contribution in [1.29, 1.82) is 0 Å². The zero-order chi connectivity index (χ0) is 24.9. The highest BCUT2D eigenvalue weighted by Gasteiger charge is 2.16. The lowest BCUT2D eigenvalue weighted by Crippen LogP contribution is -2.02. The number of ether oxygens (including phenoxy) is 1. The molecule has 0 amide bonds. The number of benzene rings is 2. The maximum absolute atomic E-state index is 11.1. The quantitative estimate of drug-likeness (QED) is 0.323. The summed E-state index contributed by atoms with van der Waals surface area (Å²) in [5, 5.41) is 14.4. The molecule has 0 aliphatic carbocycles. The monoisotopic (exact) mass is 482 g/mol. The van der Waals surface area contributed by atoms with Crippen LogP contribution in [0.1, 0.15) is 55.5 Å². The number of nitrogens with one attached hydrogen (secondary N) is 2. The van der Waals surface area contributed by atoms with E-state index in [0.29, 0.717) is 5.82 Å². The summed E-state index contributed by atoms with van der Waals surface area (Å²) in [5.41, 5.74) is 4.66. The first-order valence-corrected chi connectivity index (χ1v) is 11.6. The van der Waals surface area contributed by atoms with E-state index in [0.717, 1.165) is 41.8 Å². The van der Waals surface area contributed by atoms with Gasteiger partial charge in [-0.2, -0.15) is 5.21 Å². The van der Waals surface area contributed by atoms with Crippen molar-refractivity contribution in [2.45, 2.75) is 47.0 Å². The summed E-state index contributed by atoms with van der Waals surface area (Å²) in [6.45, 7) is 8.17. The first kappa shape index (κ1) is 26.7. The van der Waals surface area contributed by atoms with Gasteiger partial charge in [-0.3, -0.25) is 0 Å². The van der Waals surface area contributed by atoms with Gasteiger partial charge in [-0.05, 0) is 29.7 Å². The van der Waals surface area contributed by atoms with Gasteiger partial charge in [-0.25, -0.2) is 9.78 Å². The predicted octanol–water partition coefficient (Wildman–Crippen LogP) is 6.06. The molecule has 0 aliphatic heterocycles. The van der Waals surface area contributed by atoms with Crippen molar-refractivity contribution in [2.24, 2.45) is 0 Å². The van der Waals surface area contributed by atoms with Crippen LogP contribution in [0.3, 0.4) is 0 Å². The Bertz CT molecular complexity index is 1140. The van der Waals surface area contributed by atoms with E-state index in [1.54, 1.807) is 0 Å². The Hall–Kier alpha value is -3.52. The standard InChI is InChI=1S/C14H12N4.C9H13ClN2O2.C2H6/c1-10-6-8-11(9-7-10)12-4-2-3-5-13(12)14-15-17-18-16-14;1-3-4-5-6-11-7(8(10)12-6)9(13)14-2;1-2/h2-9H,1H3,(H,15,16,17,18);3-5H2,1-2H3,(H,11,12);1-2H3. The third-order valence-electron chi connectivity index (χ3n) is 4.73. The van der Waals surface area contributed by atoms with Gasteiger partial charge in [-0.15, -0.1) is 10.2 Å². The highest BCUT2D eigenvalue weighted by atomic mass is 35.5. The SMILES string of the molecule is CC.CCCCc1nc(C(=O)OC)c(Cl)[nH]1.Cc1ccc(-c2ccccc2-c2nn[nH]n2)cc1. The molecule has 2 aromatic heterocycles. The Balaban J connectivity index is 0.000000231. The largest absolute Gasteiger partial charge is 0.464 e. The number of tetrazole rings is 1. The minimum atomic E-state index is -0.506. The first-order valence-electron chi connectivity index (χ1n) is 11.3. The zero-order valence-electron chi connectivity index (χ0n) is 20.2. The van der Waals surface area contributed by atoms with Gasteiger partial charge in [0.15, 0.2) is 5.69 Å². The number of unbranched alkanes of at least 4 members (excludes halogenated alkanes) is 1. The van der Waals surface area contributed by atoms with Crippen LogP contribution in [0.2, 0.25) is 5.15 Å². The summed E-state index contributed by atoms with van der Waals surface area (Å²) in [6, 6.07) is 16.5. The molecule has 0 spiro atoms. The van der Waals surface area contributed by atoms with Crippen molar-refractivity contribution in [3.8, 4) is 22.5 Å². The molecule has 9 heteroatoms. The van der Waals surface area contributed by atoms with E-state index < -0.39 is 5.97 Å². The number of methoxy groups -OCH3 is 1. The van der Waals surface area contributed by atoms with Gasteiger partial charge >= 0.3 is 5.97 Å². The lowest BCUT2D eigenvalue weighted by atomic mass is 9.98. The van der Waals surface area contributed by atoms with E-state index >= 15 is 0 Å². The van der Waals surface area contributed by atoms with E-state index in [-0.39, 0.29) is 10.8 Å². The van der Waals surface area contributed by atoms with Crippen LogP contribution in [-0.2, 0) is 11.2 Å². The molecule has 0 saturated heterocycles. The summed E-state index contributed by atoms with van der Waals surface area (Å²) in [6.07, 6.45) is 2.89. The van der Waals surface area contributed by atoms with Crippen molar-refractivity contribution >= 4 is 17.6 Å². The van der Waals surface area contributed by atoms with Crippen LogP contribution in [0.4, 0.5) is 0 Å². The maximum Gasteiger partial charge on any atom is 0.359 e. The van der Waals surface area contributed by atoms with Crippen molar-refractivity contribution in [2.75, 3.05) is 7.11 Å². The van der Waals surface area contributed by atoms with Crippen molar-refractivity contribution in [3.63, 3.8) is 0 Å². The lowest BCUT2D eigenvalue weighted by Gasteiger charge is -2.06. The fraction of sp³-hybridized carbons (Fsp3) is 0.320. The van der Waals surface area contributed by atoms with Crippen LogP contribution in [0.15, 0.2) is 48.5 Å². The van der Waals surface area contributed by atoms with Crippen LogP contribution in [-0.4, -0.2) is 43.7 Å². The topological polar surface area (TPSA) is 109 Å². The number of H-pyrrole nitrogens is 2. The Morgan fingerprint density at radius 3 is 2.32 bits per heavy atom. The number of rotatable bonds is 6. The fourth-order valence-corrected chi connectivity index (χ4v) is 3.26. The third-order valence-corrected chi connectivity index (χ3v) is 5.00. The number of hydrogen-bond acceptors (Lipinski definition) is 6. The van der Waals surface area contributed by atoms with Crippen molar-refractivity contribution in [3.05, 3.63) is 70.8 Å². The van der Waals surface area contributed by atoms with Crippen LogP contribution in [0.25, 0.3) is 22.5 Å². The van der Waals surface area contributed by atoms with E-state index in [2.05, 4.69) is 79.5 Å². The maximum atomic E-state index is 11.1.